The fourth-order valence-corrected chi connectivity index (χ4v) is 4.67. The molecule has 1 N–H and O–H groups in total. The third-order valence-electron chi connectivity index (χ3n) is 5.54. The average molecular weight is 394 g/mol. The van der Waals surface area contributed by atoms with Gasteiger partial charge in [-0.1, -0.05) is 66.9 Å². The van der Waals surface area contributed by atoms with E-state index in [2.05, 4.69) is 55.4 Å². The predicted molar refractivity (Wildman–Crippen MR) is 112 cm³/mol. The van der Waals surface area contributed by atoms with Crippen LogP contribution in [0.25, 0.3) is 0 Å². The van der Waals surface area contributed by atoms with Crippen molar-refractivity contribution >= 4 is 24.0 Å². The van der Waals surface area contributed by atoms with E-state index in [4.69, 9.17) is 11.6 Å². The molecule has 4 heteroatoms. The zero-order valence-electron chi connectivity index (χ0n) is 15.6. The molecule has 142 valence electrons. The van der Waals surface area contributed by atoms with Gasteiger partial charge in [0.2, 0.25) is 0 Å². The largest absolute Gasteiger partial charge is 0.389 e. The molecule has 26 heavy (non-hydrogen) atoms. The Labute approximate surface area is 168 Å². The van der Waals surface area contributed by atoms with E-state index in [0.29, 0.717) is 6.42 Å². The Bertz CT molecular complexity index is 692. The van der Waals surface area contributed by atoms with Crippen LogP contribution in [0.5, 0.6) is 0 Å². The molecule has 0 radical (unpaired) electrons. The van der Waals surface area contributed by atoms with Gasteiger partial charge in [0.25, 0.3) is 0 Å². The van der Waals surface area contributed by atoms with Crippen LogP contribution in [0.3, 0.4) is 0 Å². The van der Waals surface area contributed by atoms with Gasteiger partial charge in [-0.2, -0.15) is 0 Å². The van der Waals surface area contributed by atoms with Crippen molar-refractivity contribution in [3.63, 3.8) is 0 Å². The zero-order valence-corrected chi connectivity index (χ0v) is 17.1. The van der Waals surface area contributed by atoms with E-state index in [-0.39, 0.29) is 24.4 Å². The van der Waals surface area contributed by atoms with Crippen LogP contribution in [0.15, 0.2) is 54.6 Å². The lowest BCUT2D eigenvalue weighted by Gasteiger charge is -2.46. The summed E-state index contributed by atoms with van der Waals surface area (Å²) in [5.74, 6) is 0.206. The summed E-state index contributed by atoms with van der Waals surface area (Å²) in [6.45, 7) is 0. The molecule has 2 aromatic carbocycles. The van der Waals surface area contributed by atoms with E-state index in [1.54, 1.807) is 0 Å². The first-order valence-corrected chi connectivity index (χ1v) is 9.55. The average Bonchev–Trinajstić information content (AvgIpc) is 2.57. The SMILES string of the molecule is CN(C)C(c1ccccc1)C1CCCCC1(O)Cc1cccc(Cl)c1.Cl. The van der Waals surface area contributed by atoms with Crippen LogP contribution >= 0.6 is 24.0 Å². The first-order chi connectivity index (χ1) is 12.0. The molecule has 1 saturated carbocycles. The Morgan fingerprint density at radius 2 is 1.85 bits per heavy atom. The van der Waals surface area contributed by atoms with E-state index in [1.807, 2.05) is 18.2 Å². The smallest absolute Gasteiger partial charge is 0.0734 e. The van der Waals surface area contributed by atoms with Gasteiger partial charge in [-0.3, -0.25) is 0 Å². The highest BCUT2D eigenvalue weighted by atomic mass is 35.5. The lowest BCUT2D eigenvalue weighted by molar-refractivity contribution is -0.0770. The van der Waals surface area contributed by atoms with Crippen LogP contribution in [0.4, 0.5) is 0 Å². The minimum absolute atomic E-state index is 0. The van der Waals surface area contributed by atoms with Crippen LogP contribution in [0.1, 0.15) is 42.9 Å². The number of hydrogen-bond donors (Lipinski definition) is 1. The molecular formula is C22H29Cl2NO. The third kappa shape index (κ3) is 4.80. The first kappa shape index (κ1) is 21.2. The van der Waals surface area contributed by atoms with Crippen LogP contribution in [-0.2, 0) is 6.42 Å². The Morgan fingerprint density at radius 3 is 2.50 bits per heavy atom. The summed E-state index contributed by atoms with van der Waals surface area (Å²) in [7, 11) is 4.23. The summed E-state index contributed by atoms with van der Waals surface area (Å²) in [6.07, 6.45) is 4.83. The van der Waals surface area contributed by atoms with Gasteiger partial charge in [-0.25, -0.2) is 0 Å². The van der Waals surface area contributed by atoms with Gasteiger partial charge in [0.05, 0.1) is 5.60 Å². The second-order valence-electron chi connectivity index (χ2n) is 7.58. The molecule has 0 aliphatic heterocycles. The molecule has 2 nitrogen and oxygen atoms in total. The molecule has 1 aliphatic carbocycles. The lowest BCUT2D eigenvalue weighted by Crippen LogP contribution is -2.48. The predicted octanol–water partition coefficient (Wildman–Crippen LogP) is 5.53. The highest BCUT2D eigenvalue weighted by Crippen LogP contribution is 2.45. The van der Waals surface area contributed by atoms with Crippen molar-refractivity contribution < 1.29 is 5.11 Å². The Balaban J connectivity index is 0.00000243. The standard InChI is InChI=1S/C22H28ClNO.ClH/c1-24(2)21(18-10-4-3-5-11-18)20-13-6-7-14-22(20,25)16-17-9-8-12-19(23)15-17;/h3-5,8-12,15,20-21,25H,6-7,13-14,16H2,1-2H3;1H. The normalized spacial score (nSPS) is 24.1. The second kappa shape index (κ2) is 9.23. The molecule has 1 fully saturated rings. The maximum absolute atomic E-state index is 11.7. The van der Waals surface area contributed by atoms with E-state index in [9.17, 15) is 5.11 Å². The molecule has 0 bridgehead atoms. The Morgan fingerprint density at radius 1 is 1.12 bits per heavy atom. The number of hydrogen-bond acceptors (Lipinski definition) is 2. The summed E-state index contributed by atoms with van der Waals surface area (Å²) in [5, 5.41) is 12.4. The van der Waals surface area contributed by atoms with Gasteiger partial charge in [0.1, 0.15) is 0 Å². The molecule has 0 spiro atoms. The van der Waals surface area contributed by atoms with Gasteiger partial charge in [-0.05, 0) is 50.2 Å². The van der Waals surface area contributed by atoms with Crippen molar-refractivity contribution in [2.24, 2.45) is 5.92 Å². The molecule has 0 heterocycles. The summed E-state index contributed by atoms with van der Waals surface area (Å²) in [4.78, 5) is 2.26. The fraction of sp³-hybridized carbons (Fsp3) is 0.455. The van der Waals surface area contributed by atoms with Gasteiger partial charge in [0.15, 0.2) is 0 Å². The van der Waals surface area contributed by atoms with Crippen LogP contribution in [0, 0.1) is 5.92 Å². The number of aliphatic hydroxyl groups is 1. The van der Waals surface area contributed by atoms with Crippen molar-refractivity contribution in [3.05, 3.63) is 70.7 Å². The zero-order chi connectivity index (χ0) is 17.9. The highest BCUT2D eigenvalue weighted by molar-refractivity contribution is 6.30. The highest BCUT2D eigenvalue weighted by Gasteiger charge is 2.44. The molecule has 0 saturated heterocycles. The van der Waals surface area contributed by atoms with Crippen molar-refractivity contribution in [3.8, 4) is 0 Å². The van der Waals surface area contributed by atoms with Gasteiger partial charge in [0, 0.05) is 23.4 Å². The lowest BCUT2D eigenvalue weighted by atomic mass is 9.67. The molecule has 3 unspecified atom stereocenters. The summed E-state index contributed by atoms with van der Waals surface area (Å²) < 4.78 is 0. The Hall–Kier alpha value is -1.06. The maximum Gasteiger partial charge on any atom is 0.0734 e. The fourth-order valence-electron chi connectivity index (χ4n) is 4.46. The first-order valence-electron chi connectivity index (χ1n) is 9.18. The van der Waals surface area contributed by atoms with Crippen LogP contribution in [-0.4, -0.2) is 29.7 Å². The number of halogens is 2. The molecule has 0 aromatic heterocycles. The molecule has 1 aliphatic rings. The third-order valence-corrected chi connectivity index (χ3v) is 5.78. The monoisotopic (exact) mass is 393 g/mol. The number of nitrogens with zero attached hydrogens (tertiary/aromatic N) is 1. The Kier molecular flexibility index (Phi) is 7.54. The topological polar surface area (TPSA) is 23.5 Å². The van der Waals surface area contributed by atoms with E-state index >= 15 is 0 Å². The minimum Gasteiger partial charge on any atom is -0.389 e. The quantitative estimate of drug-likeness (QED) is 0.721. The molecule has 3 atom stereocenters. The van der Waals surface area contributed by atoms with Crippen LogP contribution in [0.2, 0.25) is 5.02 Å². The van der Waals surface area contributed by atoms with Crippen molar-refractivity contribution in [2.75, 3.05) is 14.1 Å². The molecular weight excluding hydrogens is 365 g/mol. The summed E-state index contributed by atoms with van der Waals surface area (Å²) in [5.41, 5.74) is 1.70. The van der Waals surface area contributed by atoms with Crippen LogP contribution < -0.4 is 0 Å². The van der Waals surface area contributed by atoms with Crippen molar-refractivity contribution in [1.29, 1.82) is 0 Å². The minimum atomic E-state index is -0.701. The maximum atomic E-state index is 11.7. The van der Waals surface area contributed by atoms with E-state index < -0.39 is 5.60 Å². The van der Waals surface area contributed by atoms with E-state index in [0.717, 1.165) is 29.8 Å². The van der Waals surface area contributed by atoms with E-state index in [1.165, 1.54) is 12.0 Å². The van der Waals surface area contributed by atoms with Crippen molar-refractivity contribution in [1.82, 2.24) is 4.90 Å². The number of benzene rings is 2. The second-order valence-corrected chi connectivity index (χ2v) is 8.02. The molecule has 3 rings (SSSR count). The molecule has 0 amide bonds. The van der Waals surface area contributed by atoms with Gasteiger partial charge >= 0.3 is 0 Å². The van der Waals surface area contributed by atoms with Gasteiger partial charge in [-0.15, -0.1) is 12.4 Å². The van der Waals surface area contributed by atoms with Gasteiger partial charge < -0.3 is 10.0 Å². The summed E-state index contributed by atoms with van der Waals surface area (Å²) in [6, 6.07) is 18.7. The number of rotatable bonds is 5. The van der Waals surface area contributed by atoms with Crippen molar-refractivity contribution in [2.45, 2.75) is 43.7 Å². The summed E-state index contributed by atoms with van der Waals surface area (Å²) >= 11 is 6.16. The molecule has 2 aromatic rings.